The van der Waals surface area contributed by atoms with E-state index in [1.54, 1.807) is 0 Å². The molecule has 0 saturated carbocycles. The van der Waals surface area contributed by atoms with Gasteiger partial charge in [0, 0.05) is 42.8 Å². The first-order valence-electron chi connectivity index (χ1n) is 21.0. The zero-order valence-electron chi connectivity index (χ0n) is 35.4. The largest absolute Gasteiger partial charge is 0.501 e. The van der Waals surface area contributed by atoms with E-state index >= 15 is 0 Å². The average molecular weight is 1000 g/mol. The summed E-state index contributed by atoms with van der Waals surface area (Å²) >= 11 is 0. The molecule has 4 aromatic heterocycles. The molecule has 0 saturated heterocycles. The maximum atomic E-state index is 6.32. The van der Waals surface area contributed by atoms with E-state index in [1.807, 2.05) is 66.7 Å². The molecule has 7 aromatic carbocycles. The van der Waals surface area contributed by atoms with Crippen molar-refractivity contribution in [1.29, 1.82) is 0 Å². The third-order valence-corrected chi connectivity index (χ3v) is 13.4. The average Bonchev–Trinajstić information content (AvgIpc) is 3.98. The third kappa shape index (κ3) is 7.73. The van der Waals surface area contributed by atoms with Crippen molar-refractivity contribution >= 4 is 68.2 Å². The van der Waals surface area contributed by atoms with E-state index in [2.05, 4.69) is 147 Å². The molecule has 0 spiro atoms. The van der Waals surface area contributed by atoms with Crippen LogP contribution in [0.3, 0.4) is 0 Å². The summed E-state index contributed by atoms with van der Waals surface area (Å²) in [4.78, 5) is 9.86. The molecule has 4 heterocycles. The van der Waals surface area contributed by atoms with Crippen molar-refractivity contribution in [3.63, 3.8) is 0 Å². The van der Waals surface area contributed by atoms with Crippen molar-refractivity contribution in [3.05, 3.63) is 182 Å². The molecule has 0 bridgehead atoms. The predicted octanol–water partition coefficient (Wildman–Crippen LogP) is 14.2. The number of aromatic nitrogens is 3. The number of hydrogen-bond donors (Lipinski definition) is 0. The van der Waals surface area contributed by atoms with Gasteiger partial charge in [-0.05, 0) is 70.7 Å². The van der Waals surface area contributed by atoms with Gasteiger partial charge in [0.25, 0.3) is 0 Å². The Hall–Kier alpha value is -6.37. The van der Waals surface area contributed by atoms with Crippen LogP contribution < -0.4 is 5.19 Å². The Labute approximate surface area is 376 Å². The van der Waals surface area contributed by atoms with E-state index in [0.717, 1.165) is 89.7 Å². The van der Waals surface area contributed by atoms with Gasteiger partial charge in [-0.15, -0.1) is 42.0 Å². The molecule has 11 rings (SSSR count). The van der Waals surface area contributed by atoms with E-state index < -0.39 is 8.07 Å². The number of hydrogen-bond acceptors (Lipinski definition) is 4. The monoisotopic (exact) mass is 1000 g/mol. The fourth-order valence-electron chi connectivity index (χ4n) is 8.49. The minimum atomic E-state index is -1.43. The number of rotatable bonds is 7. The molecule has 0 aliphatic heterocycles. The molecule has 62 heavy (non-hydrogen) atoms. The van der Waals surface area contributed by atoms with Gasteiger partial charge in [-0.1, -0.05) is 152 Å². The van der Waals surface area contributed by atoms with Crippen LogP contribution in [-0.4, -0.2) is 22.6 Å². The van der Waals surface area contributed by atoms with E-state index in [1.165, 1.54) is 21.9 Å². The van der Waals surface area contributed by atoms with Gasteiger partial charge >= 0.3 is 0 Å². The number of nitrogens with zero attached hydrogens (tertiary/aromatic N) is 3. The molecule has 0 atom stereocenters. The summed E-state index contributed by atoms with van der Waals surface area (Å²) in [5.74, 6) is 1.44. The van der Waals surface area contributed by atoms with Crippen LogP contribution in [0.4, 0.5) is 0 Å². The van der Waals surface area contributed by atoms with Crippen LogP contribution in [0.5, 0.6) is 0 Å². The first kappa shape index (κ1) is 41.0. The fraction of sp³-hybridized carbons (Fsp3) is 0.127. The normalized spacial score (nSPS) is 11.7. The summed E-state index contributed by atoms with van der Waals surface area (Å²) in [5, 5.41) is 5.91. The number of imidazole rings is 1. The molecule has 7 heteroatoms. The molecule has 0 aliphatic carbocycles. The number of para-hydroxylation sites is 4. The second-order valence-electron chi connectivity index (χ2n) is 17.2. The SMILES string of the molecule is CC(C)Cc1cc(-c2[c-]cc3oc4ccccc4c3c2)ncc1[Si](C)(C)C.[Ir].[c-]1ccc2c(oc3ccccc32)c1-c1nc2ccccc2n1-c1ccc(-c2ccccc2)cc1. The van der Waals surface area contributed by atoms with Crippen LogP contribution in [0, 0.1) is 18.1 Å². The zero-order chi connectivity index (χ0) is 41.7. The van der Waals surface area contributed by atoms with Crippen molar-refractivity contribution in [3.8, 4) is 39.5 Å². The zero-order valence-corrected chi connectivity index (χ0v) is 38.8. The Morgan fingerprint density at radius 2 is 1.31 bits per heavy atom. The van der Waals surface area contributed by atoms with Crippen molar-refractivity contribution in [1.82, 2.24) is 14.5 Å². The quantitative estimate of drug-likeness (QED) is 0.118. The first-order chi connectivity index (χ1) is 29.7. The molecule has 307 valence electrons. The summed E-state index contributed by atoms with van der Waals surface area (Å²) in [5.41, 5.74) is 13.2. The third-order valence-electron chi connectivity index (χ3n) is 11.4. The summed E-state index contributed by atoms with van der Waals surface area (Å²) in [6.07, 6.45) is 3.21. The van der Waals surface area contributed by atoms with Crippen molar-refractivity contribution in [2.24, 2.45) is 5.92 Å². The summed E-state index contributed by atoms with van der Waals surface area (Å²) in [7, 11) is -1.43. The van der Waals surface area contributed by atoms with Crippen LogP contribution >= 0.6 is 0 Å². The second kappa shape index (κ2) is 16.8. The minimum Gasteiger partial charge on any atom is -0.501 e. The predicted molar refractivity (Wildman–Crippen MR) is 255 cm³/mol. The maximum Gasteiger partial charge on any atom is 0.120 e. The second-order valence-corrected chi connectivity index (χ2v) is 22.2. The van der Waals surface area contributed by atoms with Crippen LogP contribution in [-0.2, 0) is 26.5 Å². The van der Waals surface area contributed by atoms with Gasteiger partial charge in [0.1, 0.15) is 11.2 Å². The van der Waals surface area contributed by atoms with E-state index in [-0.39, 0.29) is 20.1 Å². The Balaban J connectivity index is 0.000000160. The topological polar surface area (TPSA) is 57.0 Å². The Morgan fingerprint density at radius 1 is 0.645 bits per heavy atom. The van der Waals surface area contributed by atoms with Crippen LogP contribution in [0.25, 0.3) is 94.4 Å². The van der Waals surface area contributed by atoms with Gasteiger partial charge in [0.15, 0.2) is 0 Å². The van der Waals surface area contributed by atoms with Gasteiger partial charge in [-0.3, -0.25) is 4.98 Å². The van der Waals surface area contributed by atoms with Crippen LogP contribution in [0.15, 0.2) is 173 Å². The molecular formula is C55H45IrN3O2Si-2. The summed E-state index contributed by atoms with van der Waals surface area (Å²) in [6, 6.07) is 60.8. The van der Waals surface area contributed by atoms with Gasteiger partial charge in [-0.2, -0.15) is 0 Å². The first-order valence-corrected chi connectivity index (χ1v) is 24.5. The van der Waals surface area contributed by atoms with Crippen molar-refractivity contribution < 1.29 is 28.9 Å². The van der Waals surface area contributed by atoms with Crippen molar-refractivity contribution in [2.75, 3.05) is 0 Å². The molecule has 11 aromatic rings. The summed E-state index contributed by atoms with van der Waals surface area (Å²) < 4.78 is 14.5. The van der Waals surface area contributed by atoms with Gasteiger partial charge < -0.3 is 18.4 Å². The van der Waals surface area contributed by atoms with Crippen molar-refractivity contribution in [2.45, 2.75) is 39.9 Å². The molecule has 0 fully saturated rings. The molecule has 1 radical (unpaired) electrons. The standard InChI is InChI=1S/C31H19N2O.C24H26NOSi.Ir/c1-2-9-21(10-3-1)22-17-19-23(20-18-22)33-28-15-6-5-14-27(28)32-31(33)26-13-8-12-25-24-11-4-7-16-29(24)34-30(25)26;1-16(2)12-18-14-21(25-15-24(18)27(3,4)5)17-10-11-23-20(13-17)19-8-6-7-9-22(19)26-23;/h1-12,14-20H;6-9,11,13-16H,12H2,1-5H3;/q2*-1;. The number of furan rings is 2. The molecule has 0 unspecified atom stereocenters. The smallest absolute Gasteiger partial charge is 0.120 e. The summed E-state index contributed by atoms with van der Waals surface area (Å²) in [6.45, 7) is 11.7. The van der Waals surface area contributed by atoms with E-state index in [0.29, 0.717) is 5.92 Å². The number of benzene rings is 7. The fourth-order valence-corrected chi connectivity index (χ4v) is 10.1. The van der Waals surface area contributed by atoms with Gasteiger partial charge in [0.2, 0.25) is 0 Å². The maximum absolute atomic E-state index is 6.32. The van der Waals surface area contributed by atoms with Gasteiger partial charge in [0.05, 0.1) is 36.1 Å². The van der Waals surface area contributed by atoms with Crippen LogP contribution in [0.1, 0.15) is 19.4 Å². The molecule has 0 N–H and O–H groups in total. The molecule has 0 aliphatic rings. The number of fused-ring (bicyclic) bond motifs is 7. The molecule has 0 amide bonds. The minimum absolute atomic E-state index is 0. The van der Waals surface area contributed by atoms with E-state index in [9.17, 15) is 0 Å². The molecular weight excluding hydrogens is 955 g/mol. The molecule has 5 nitrogen and oxygen atoms in total. The Morgan fingerprint density at radius 3 is 2.05 bits per heavy atom. The van der Waals surface area contributed by atoms with Gasteiger partial charge in [-0.25, -0.2) is 0 Å². The van der Waals surface area contributed by atoms with E-state index in [4.69, 9.17) is 18.8 Å². The Bertz CT molecular complexity index is 3360. The Kier molecular flexibility index (Phi) is 11.1. The van der Waals surface area contributed by atoms with Crippen LogP contribution in [0.2, 0.25) is 19.6 Å². The number of pyridine rings is 1.